The van der Waals surface area contributed by atoms with E-state index in [-0.39, 0.29) is 0 Å². The molecule has 0 unspecified atom stereocenters. The zero-order chi connectivity index (χ0) is 14.1. The lowest BCUT2D eigenvalue weighted by atomic mass is 10.2. The molecule has 1 aromatic rings. The van der Waals surface area contributed by atoms with Crippen LogP contribution in [0.4, 0.5) is 0 Å². The van der Waals surface area contributed by atoms with E-state index in [9.17, 15) is 8.42 Å². The number of hydrogen-bond acceptors (Lipinski definition) is 3. The van der Waals surface area contributed by atoms with Gasteiger partial charge in [-0.3, -0.25) is 0 Å². The SMILES string of the molecule is CCN(Cc1ccccc1)S(=O)(=O)NCCCNC. The van der Waals surface area contributed by atoms with Crippen molar-refractivity contribution in [2.24, 2.45) is 0 Å². The molecular weight excluding hydrogens is 262 g/mol. The first kappa shape index (κ1) is 16.1. The first-order valence-corrected chi connectivity index (χ1v) is 7.97. The van der Waals surface area contributed by atoms with E-state index in [1.165, 1.54) is 4.31 Å². The molecule has 2 N–H and O–H groups in total. The van der Waals surface area contributed by atoms with Crippen molar-refractivity contribution >= 4 is 10.2 Å². The Kier molecular flexibility index (Phi) is 7.01. The van der Waals surface area contributed by atoms with E-state index in [1.807, 2.05) is 44.3 Å². The molecule has 0 aliphatic rings. The zero-order valence-electron chi connectivity index (χ0n) is 11.6. The van der Waals surface area contributed by atoms with Gasteiger partial charge >= 0.3 is 0 Å². The number of nitrogens with one attached hydrogen (secondary N) is 2. The van der Waals surface area contributed by atoms with Crippen LogP contribution in [0.5, 0.6) is 0 Å². The molecule has 0 atom stereocenters. The summed E-state index contributed by atoms with van der Waals surface area (Å²) < 4.78 is 28.3. The second kappa shape index (κ2) is 8.27. The number of rotatable bonds is 9. The summed E-state index contributed by atoms with van der Waals surface area (Å²) in [5.74, 6) is 0. The number of benzene rings is 1. The molecule has 0 amide bonds. The number of hydrogen-bond donors (Lipinski definition) is 2. The van der Waals surface area contributed by atoms with Gasteiger partial charge in [0.1, 0.15) is 0 Å². The van der Waals surface area contributed by atoms with E-state index < -0.39 is 10.2 Å². The Morgan fingerprint density at radius 2 is 1.84 bits per heavy atom. The van der Waals surface area contributed by atoms with Gasteiger partial charge < -0.3 is 5.32 Å². The Morgan fingerprint density at radius 3 is 2.42 bits per heavy atom. The van der Waals surface area contributed by atoms with Gasteiger partial charge in [-0.05, 0) is 25.6 Å². The molecule has 0 bridgehead atoms. The monoisotopic (exact) mass is 285 g/mol. The van der Waals surface area contributed by atoms with Gasteiger partial charge in [-0.15, -0.1) is 0 Å². The van der Waals surface area contributed by atoms with E-state index in [4.69, 9.17) is 0 Å². The average Bonchev–Trinajstić information content (AvgIpc) is 2.42. The molecule has 0 aliphatic carbocycles. The highest BCUT2D eigenvalue weighted by atomic mass is 32.2. The lowest BCUT2D eigenvalue weighted by Crippen LogP contribution is -2.41. The molecule has 0 spiro atoms. The molecule has 108 valence electrons. The van der Waals surface area contributed by atoms with Crippen LogP contribution in [0.3, 0.4) is 0 Å². The molecule has 6 heteroatoms. The first-order chi connectivity index (χ1) is 9.10. The summed E-state index contributed by atoms with van der Waals surface area (Å²) in [7, 11) is -1.55. The second-order valence-electron chi connectivity index (χ2n) is 4.27. The maximum Gasteiger partial charge on any atom is 0.279 e. The van der Waals surface area contributed by atoms with Crippen molar-refractivity contribution in [3.8, 4) is 0 Å². The molecule has 0 radical (unpaired) electrons. The summed E-state index contributed by atoms with van der Waals surface area (Å²) in [5, 5.41) is 2.99. The van der Waals surface area contributed by atoms with E-state index in [1.54, 1.807) is 0 Å². The minimum atomic E-state index is -3.40. The molecule has 1 aromatic carbocycles. The van der Waals surface area contributed by atoms with Crippen LogP contribution in [0.15, 0.2) is 30.3 Å². The topological polar surface area (TPSA) is 61.4 Å². The van der Waals surface area contributed by atoms with Crippen molar-refractivity contribution in [2.45, 2.75) is 19.9 Å². The summed E-state index contributed by atoms with van der Waals surface area (Å²) >= 11 is 0. The first-order valence-electron chi connectivity index (χ1n) is 6.53. The molecule has 0 fully saturated rings. The van der Waals surface area contributed by atoms with Crippen LogP contribution in [0.1, 0.15) is 18.9 Å². The van der Waals surface area contributed by atoms with Crippen molar-refractivity contribution in [3.05, 3.63) is 35.9 Å². The standard InChI is InChI=1S/C13H23N3O2S/c1-3-16(12-13-8-5-4-6-9-13)19(17,18)15-11-7-10-14-2/h4-6,8-9,14-15H,3,7,10-12H2,1-2H3. The third-order valence-corrected chi connectivity index (χ3v) is 4.42. The Balaban J connectivity index is 2.57. The Bertz CT molecular complexity index is 448. The highest BCUT2D eigenvalue weighted by molar-refractivity contribution is 7.87. The highest BCUT2D eigenvalue weighted by Crippen LogP contribution is 2.07. The van der Waals surface area contributed by atoms with E-state index in [0.717, 1.165) is 18.5 Å². The third-order valence-electron chi connectivity index (χ3n) is 2.78. The summed E-state index contributed by atoms with van der Waals surface area (Å²) in [6.45, 7) is 3.95. The van der Waals surface area contributed by atoms with Crippen molar-refractivity contribution in [2.75, 3.05) is 26.7 Å². The second-order valence-corrected chi connectivity index (χ2v) is 6.02. The smallest absolute Gasteiger partial charge is 0.279 e. The van der Waals surface area contributed by atoms with Crippen molar-refractivity contribution in [1.82, 2.24) is 14.3 Å². The minimum Gasteiger partial charge on any atom is -0.320 e. The predicted molar refractivity (Wildman–Crippen MR) is 78.0 cm³/mol. The molecular formula is C13H23N3O2S. The Labute approximate surface area is 116 Å². The fourth-order valence-electron chi connectivity index (χ4n) is 1.71. The van der Waals surface area contributed by atoms with Crippen LogP contribution in [0.25, 0.3) is 0 Å². The van der Waals surface area contributed by atoms with Crippen LogP contribution < -0.4 is 10.0 Å². The molecule has 19 heavy (non-hydrogen) atoms. The minimum absolute atomic E-state index is 0.401. The van der Waals surface area contributed by atoms with E-state index in [2.05, 4.69) is 10.0 Å². The molecule has 0 heterocycles. The van der Waals surface area contributed by atoms with Gasteiger partial charge in [-0.1, -0.05) is 37.3 Å². The molecule has 0 aromatic heterocycles. The van der Waals surface area contributed by atoms with Crippen LogP contribution in [0.2, 0.25) is 0 Å². The molecule has 1 rings (SSSR count). The summed E-state index contributed by atoms with van der Waals surface area (Å²) in [4.78, 5) is 0. The van der Waals surface area contributed by atoms with Crippen molar-refractivity contribution in [1.29, 1.82) is 0 Å². The lowest BCUT2D eigenvalue weighted by Gasteiger charge is -2.20. The van der Waals surface area contributed by atoms with Gasteiger partial charge in [0.15, 0.2) is 0 Å². The predicted octanol–water partition coefficient (Wildman–Crippen LogP) is 0.952. The van der Waals surface area contributed by atoms with Gasteiger partial charge in [0.25, 0.3) is 10.2 Å². The molecule has 0 saturated heterocycles. The van der Waals surface area contributed by atoms with Crippen molar-refractivity contribution < 1.29 is 8.42 Å². The van der Waals surface area contributed by atoms with Crippen molar-refractivity contribution in [3.63, 3.8) is 0 Å². The van der Waals surface area contributed by atoms with Crippen LogP contribution in [-0.4, -0.2) is 39.4 Å². The Hall–Kier alpha value is -0.950. The summed E-state index contributed by atoms with van der Waals surface area (Å²) in [6.07, 6.45) is 0.776. The van der Waals surface area contributed by atoms with Crippen LogP contribution >= 0.6 is 0 Å². The Morgan fingerprint density at radius 1 is 1.16 bits per heavy atom. The molecule has 0 aliphatic heterocycles. The lowest BCUT2D eigenvalue weighted by molar-refractivity contribution is 0.414. The van der Waals surface area contributed by atoms with E-state index in [0.29, 0.717) is 19.6 Å². The van der Waals surface area contributed by atoms with Gasteiger partial charge in [0.05, 0.1) is 0 Å². The highest BCUT2D eigenvalue weighted by Gasteiger charge is 2.19. The molecule has 5 nitrogen and oxygen atoms in total. The van der Waals surface area contributed by atoms with E-state index >= 15 is 0 Å². The fourth-order valence-corrected chi connectivity index (χ4v) is 2.96. The van der Waals surface area contributed by atoms with Gasteiger partial charge in [0.2, 0.25) is 0 Å². The fraction of sp³-hybridized carbons (Fsp3) is 0.538. The summed E-state index contributed by atoms with van der Waals surface area (Å²) in [6, 6.07) is 9.61. The maximum absolute atomic E-state index is 12.1. The van der Waals surface area contributed by atoms with Gasteiger partial charge in [-0.2, -0.15) is 12.7 Å². The zero-order valence-corrected chi connectivity index (χ0v) is 12.4. The summed E-state index contributed by atoms with van der Waals surface area (Å²) in [5.41, 5.74) is 0.991. The number of nitrogens with zero attached hydrogens (tertiary/aromatic N) is 1. The van der Waals surface area contributed by atoms with Crippen LogP contribution in [-0.2, 0) is 16.8 Å². The molecule has 0 saturated carbocycles. The largest absolute Gasteiger partial charge is 0.320 e. The average molecular weight is 285 g/mol. The van der Waals surface area contributed by atoms with Gasteiger partial charge in [-0.25, -0.2) is 4.72 Å². The van der Waals surface area contributed by atoms with Crippen LogP contribution in [0, 0.1) is 0 Å². The normalized spacial score (nSPS) is 11.9. The maximum atomic E-state index is 12.1. The van der Waals surface area contributed by atoms with Gasteiger partial charge in [0, 0.05) is 19.6 Å². The quantitative estimate of drug-likeness (QED) is 0.664. The third kappa shape index (κ3) is 5.69.